The first-order chi connectivity index (χ1) is 28.1. The molecule has 0 heterocycles. The first-order valence-electron chi connectivity index (χ1n) is 21.6. The van der Waals surface area contributed by atoms with Crippen molar-refractivity contribution in [2.45, 2.75) is 135 Å². The van der Waals surface area contributed by atoms with E-state index in [9.17, 15) is 19.5 Å². The van der Waals surface area contributed by atoms with E-state index in [4.69, 9.17) is 14.2 Å². The second kappa shape index (κ2) is 39.6. The van der Waals surface area contributed by atoms with Gasteiger partial charge in [0.2, 0.25) is 0 Å². The molecule has 2 atom stereocenters. The summed E-state index contributed by atoms with van der Waals surface area (Å²) in [5.41, 5.74) is 0. The van der Waals surface area contributed by atoms with Crippen molar-refractivity contribution in [2.24, 2.45) is 0 Å². The summed E-state index contributed by atoms with van der Waals surface area (Å²) in [7, 11) is 5.35. The molecule has 8 heteroatoms. The van der Waals surface area contributed by atoms with E-state index in [0.29, 0.717) is 12.8 Å². The van der Waals surface area contributed by atoms with Gasteiger partial charge in [-0.1, -0.05) is 135 Å². The summed E-state index contributed by atoms with van der Waals surface area (Å²) >= 11 is 0. The highest BCUT2D eigenvalue weighted by Crippen LogP contribution is 2.10. The maximum Gasteiger partial charge on any atom is 0.306 e. The van der Waals surface area contributed by atoms with Crippen molar-refractivity contribution in [3.05, 3.63) is 122 Å². The molecule has 0 aliphatic carbocycles. The van der Waals surface area contributed by atoms with Gasteiger partial charge in [0.25, 0.3) is 0 Å². The monoisotopic (exact) mass is 804 g/mol. The Morgan fingerprint density at radius 3 is 1.24 bits per heavy atom. The highest BCUT2D eigenvalue weighted by Gasteiger charge is 2.25. The highest BCUT2D eigenvalue weighted by atomic mass is 16.6. The Morgan fingerprint density at radius 2 is 0.879 bits per heavy atom. The SMILES string of the molecule is CC/C=C/C/C=C/C/C=C/C/C=C/C/C=C/C/C=C/C/C=C/CCCC(=O)OC(COCCC(C(=O)[O-])[N+](C)(C)C)COC(=O)CCC/C=C/C/C=C/C/C=C/CC. The Labute approximate surface area is 352 Å². The van der Waals surface area contributed by atoms with Crippen molar-refractivity contribution in [3.63, 3.8) is 0 Å². The van der Waals surface area contributed by atoms with Gasteiger partial charge in [-0.05, 0) is 89.9 Å². The van der Waals surface area contributed by atoms with Crippen LogP contribution < -0.4 is 5.11 Å². The number of aliphatic carboxylic acids is 1. The maximum absolute atomic E-state index is 12.7. The summed E-state index contributed by atoms with van der Waals surface area (Å²) in [5, 5.41) is 11.6. The molecule has 0 amide bonds. The average Bonchev–Trinajstić information content (AvgIpc) is 3.18. The minimum atomic E-state index is -1.15. The van der Waals surface area contributed by atoms with Crippen molar-refractivity contribution in [3.8, 4) is 0 Å². The molecule has 0 rings (SSSR count). The zero-order valence-electron chi connectivity index (χ0n) is 36.6. The van der Waals surface area contributed by atoms with Crippen LogP contribution in [0.4, 0.5) is 0 Å². The van der Waals surface area contributed by atoms with Gasteiger partial charge in [-0.2, -0.15) is 0 Å². The number of allylic oxidation sites excluding steroid dienone is 20. The lowest BCUT2D eigenvalue weighted by molar-refractivity contribution is -0.889. The Kier molecular flexibility index (Phi) is 36.6. The van der Waals surface area contributed by atoms with Gasteiger partial charge in [-0.25, -0.2) is 0 Å². The fourth-order valence-electron chi connectivity index (χ4n) is 5.32. The standard InChI is InChI=1S/C50H77NO7/c1-6-8-10-12-14-16-18-19-20-21-22-23-24-25-26-27-28-29-31-33-35-37-39-41-49(53)58-46(44-56-43-42-47(50(54)55)51(3,4)5)45-57-48(52)40-38-36-34-32-30-17-15-13-11-9-7-2/h8-11,14-17,19-20,22-23,25-26,28-29,32-35,46-47H,6-7,12-13,18,21,24,27,30-31,36-45H2,1-5H3/b10-8+,11-9+,16-14+,17-15+,20-19+,23-22+,26-25+,29-28+,34-32+,35-33+. The number of hydrogen-bond donors (Lipinski definition) is 0. The van der Waals surface area contributed by atoms with Crippen LogP contribution >= 0.6 is 0 Å². The van der Waals surface area contributed by atoms with Crippen molar-refractivity contribution in [1.29, 1.82) is 0 Å². The van der Waals surface area contributed by atoms with Gasteiger partial charge in [0.05, 0.1) is 40.3 Å². The van der Waals surface area contributed by atoms with Crippen LogP contribution in [0, 0.1) is 0 Å². The fraction of sp³-hybridized carbons (Fsp3) is 0.540. The number of carboxylic acids is 1. The summed E-state index contributed by atoms with van der Waals surface area (Å²) in [6.07, 6.45) is 55.4. The quantitative estimate of drug-likeness (QED) is 0.0269. The second-order valence-corrected chi connectivity index (χ2v) is 14.8. The molecule has 0 spiro atoms. The molecule has 8 nitrogen and oxygen atoms in total. The van der Waals surface area contributed by atoms with Crippen LogP contribution in [0.5, 0.6) is 0 Å². The number of ether oxygens (including phenoxy) is 3. The number of carbonyl (C=O) groups is 3. The predicted octanol–water partition coefficient (Wildman–Crippen LogP) is 10.5. The molecule has 0 aromatic heterocycles. The fourth-order valence-corrected chi connectivity index (χ4v) is 5.32. The Bertz CT molecular complexity index is 1350. The van der Waals surface area contributed by atoms with Gasteiger partial charge in [-0.15, -0.1) is 0 Å². The second-order valence-electron chi connectivity index (χ2n) is 14.8. The van der Waals surface area contributed by atoms with E-state index in [0.717, 1.165) is 77.0 Å². The predicted molar refractivity (Wildman–Crippen MR) is 240 cm³/mol. The number of likely N-dealkylation sites (N-methyl/N-ethyl adjacent to an activating group) is 1. The number of nitrogens with zero attached hydrogens (tertiary/aromatic N) is 1. The van der Waals surface area contributed by atoms with Crippen molar-refractivity contribution >= 4 is 17.9 Å². The molecule has 0 N–H and O–H groups in total. The number of unbranched alkanes of at least 4 members (excludes halogenated alkanes) is 2. The van der Waals surface area contributed by atoms with E-state index in [1.165, 1.54) is 0 Å². The molecular formula is C50H77NO7. The van der Waals surface area contributed by atoms with Crippen molar-refractivity contribution < 1.29 is 38.2 Å². The first-order valence-corrected chi connectivity index (χ1v) is 21.6. The molecule has 58 heavy (non-hydrogen) atoms. The van der Waals surface area contributed by atoms with Crippen LogP contribution in [0.3, 0.4) is 0 Å². The van der Waals surface area contributed by atoms with Gasteiger partial charge in [-0.3, -0.25) is 9.59 Å². The Morgan fingerprint density at radius 1 is 0.517 bits per heavy atom. The zero-order valence-corrected chi connectivity index (χ0v) is 36.6. The largest absolute Gasteiger partial charge is 0.544 e. The highest BCUT2D eigenvalue weighted by molar-refractivity contribution is 5.70. The summed E-state index contributed by atoms with van der Waals surface area (Å²) in [4.78, 5) is 36.7. The number of hydrogen-bond acceptors (Lipinski definition) is 7. The van der Waals surface area contributed by atoms with Crippen LogP contribution in [-0.2, 0) is 28.6 Å². The molecule has 324 valence electrons. The van der Waals surface area contributed by atoms with Crippen molar-refractivity contribution in [2.75, 3.05) is 41.0 Å². The van der Waals surface area contributed by atoms with E-state index in [1.54, 1.807) is 21.1 Å². The molecule has 2 unspecified atom stereocenters. The molecule has 0 radical (unpaired) electrons. The smallest absolute Gasteiger partial charge is 0.306 e. The molecule has 0 aliphatic rings. The van der Waals surface area contributed by atoms with Gasteiger partial charge in [0.15, 0.2) is 6.10 Å². The third-order valence-electron chi connectivity index (χ3n) is 8.59. The van der Waals surface area contributed by atoms with Crippen LogP contribution in [0.15, 0.2) is 122 Å². The normalized spacial score (nSPS) is 14.2. The van der Waals surface area contributed by atoms with E-state index in [-0.39, 0.29) is 49.5 Å². The Hall–Kier alpha value is -4.27. The molecule has 0 aromatic rings. The number of rotatable bonds is 36. The van der Waals surface area contributed by atoms with Gasteiger partial charge in [0, 0.05) is 19.3 Å². The van der Waals surface area contributed by atoms with E-state index in [2.05, 4.69) is 135 Å². The van der Waals surface area contributed by atoms with Crippen LogP contribution in [-0.4, -0.2) is 75.5 Å². The minimum Gasteiger partial charge on any atom is -0.544 e. The molecule has 0 aliphatic heterocycles. The number of esters is 2. The van der Waals surface area contributed by atoms with Crippen LogP contribution in [0.2, 0.25) is 0 Å². The lowest BCUT2D eigenvalue weighted by atomic mass is 10.1. The summed E-state index contributed by atoms with van der Waals surface area (Å²) < 4.78 is 17.0. The summed E-state index contributed by atoms with van der Waals surface area (Å²) in [5.74, 6) is -1.91. The van der Waals surface area contributed by atoms with E-state index >= 15 is 0 Å². The van der Waals surface area contributed by atoms with E-state index in [1.807, 2.05) is 0 Å². The van der Waals surface area contributed by atoms with Gasteiger partial charge >= 0.3 is 11.9 Å². The van der Waals surface area contributed by atoms with Gasteiger partial charge < -0.3 is 28.6 Å². The van der Waals surface area contributed by atoms with Gasteiger partial charge in [0.1, 0.15) is 12.6 Å². The minimum absolute atomic E-state index is 0.00766. The molecule has 0 aromatic carbocycles. The average molecular weight is 804 g/mol. The Balaban J connectivity index is 4.51. The van der Waals surface area contributed by atoms with Crippen molar-refractivity contribution in [1.82, 2.24) is 0 Å². The third kappa shape index (κ3) is 37.3. The van der Waals surface area contributed by atoms with E-state index < -0.39 is 24.1 Å². The lowest BCUT2D eigenvalue weighted by Crippen LogP contribution is -2.55. The molecule has 0 saturated carbocycles. The van der Waals surface area contributed by atoms with Crippen LogP contribution in [0.25, 0.3) is 0 Å². The molecule has 0 fully saturated rings. The summed E-state index contributed by atoms with van der Waals surface area (Å²) in [6, 6.07) is -0.751. The summed E-state index contributed by atoms with van der Waals surface area (Å²) in [6.45, 7) is 4.27. The molecule has 0 saturated heterocycles. The topological polar surface area (TPSA) is 102 Å². The first kappa shape index (κ1) is 53.7. The third-order valence-corrected chi connectivity index (χ3v) is 8.59. The maximum atomic E-state index is 12.7. The number of carboxylic acid groups (broad SMARTS) is 1. The molecular weight excluding hydrogens is 727 g/mol. The van der Waals surface area contributed by atoms with Crippen LogP contribution in [0.1, 0.15) is 123 Å². The molecule has 0 bridgehead atoms. The number of carbonyl (C=O) groups excluding carboxylic acids is 3. The number of quaternary nitrogens is 1. The zero-order chi connectivity index (χ0) is 42.8. The lowest BCUT2D eigenvalue weighted by Gasteiger charge is -2.34.